The van der Waals surface area contributed by atoms with Crippen LogP contribution in [0.5, 0.6) is 0 Å². The fourth-order valence-electron chi connectivity index (χ4n) is 5.41. The lowest BCUT2D eigenvalue weighted by molar-refractivity contribution is -0.127. The van der Waals surface area contributed by atoms with Gasteiger partial charge in [-0.25, -0.2) is 4.98 Å². The first-order valence-electron chi connectivity index (χ1n) is 12.5. The quantitative estimate of drug-likeness (QED) is 0.718. The Kier molecular flexibility index (Phi) is 6.76. The number of hydrogen-bond acceptors (Lipinski definition) is 4. The zero-order chi connectivity index (χ0) is 22.6. The van der Waals surface area contributed by atoms with E-state index in [9.17, 15) is 9.59 Å². The summed E-state index contributed by atoms with van der Waals surface area (Å²) in [6.45, 7) is 2.23. The number of ether oxygens (including phenoxy) is 1. The summed E-state index contributed by atoms with van der Waals surface area (Å²) in [7, 11) is 0. The van der Waals surface area contributed by atoms with E-state index >= 15 is 0 Å². The monoisotopic (exact) mass is 450 g/mol. The summed E-state index contributed by atoms with van der Waals surface area (Å²) in [5.41, 5.74) is 2.47. The largest absolute Gasteiger partial charge is 0.365 e. The van der Waals surface area contributed by atoms with Crippen molar-refractivity contribution >= 4 is 11.8 Å². The van der Waals surface area contributed by atoms with Crippen LogP contribution in [0.25, 0.3) is 0 Å². The zero-order valence-electron chi connectivity index (χ0n) is 19.2. The van der Waals surface area contributed by atoms with Gasteiger partial charge in [0, 0.05) is 25.0 Å². The number of rotatable bonds is 4. The lowest BCUT2D eigenvalue weighted by Gasteiger charge is -2.32. The second kappa shape index (κ2) is 10.1. The molecule has 1 atom stereocenters. The molecule has 1 saturated carbocycles. The highest BCUT2D eigenvalue weighted by molar-refractivity contribution is 5.93. The smallest absolute Gasteiger partial charge is 0.274 e. The molecule has 0 spiro atoms. The molecule has 176 valence electrons. The standard InChI is InChI=1S/C26H34N4O3/c31-25(28-21-10-6-1-2-7-11-21)20-12-14-29(15-13-20)26(32)24-22-17-33-23(16-30(22)18-27-24)19-8-4-3-5-9-19/h3-5,8-9,18,20-21,23H,1-2,6-7,10-17H2,(H,28,31)/t23-/m1/s1. The van der Waals surface area contributed by atoms with Gasteiger partial charge in [-0.2, -0.15) is 0 Å². The number of nitrogens with zero attached hydrogens (tertiary/aromatic N) is 3. The first-order valence-corrected chi connectivity index (χ1v) is 12.5. The second-order valence-corrected chi connectivity index (χ2v) is 9.67. The molecule has 2 amide bonds. The van der Waals surface area contributed by atoms with Crippen molar-refractivity contribution < 1.29 is 14.3 Å². The van der Waals surface area contributed by atoms with Crippen molar-refractivity contribution in [3.8, 4) is 0 Å². The van der Waals surface area contributed by atoms with E-state index in [-0.39, 0.29) is 23.8 Å². The Hall–Kier alpha value is -2.67. The van der Waals surface area contributed by atoms with Crippen LogP contribution in [-0.4, -0.2) is 45.4 Å². The van der Waals surface area contributed by atoms with E-state index in [1.165, 1.54) is 25.7 Å². The van der Waals surface area contributed by atoms with Crippen LogP contribution < -0.4 is 5.32 Å². The third-order valence-electron chi connectivity index (χ3n) is 7.46. The van der Waals surface area contributed by atoms with Crippen LogP contribution in [0.2, 0.25) is 0 Å². The van der Waals surface area contributed by atoms with Gasteiger partial charge in [-0.05, 0) is 31.2 Å². The minimum absolute atomic E-state index is 0.00294. The number of nitrogens with one attached hydrogen (secondary N) is 1. The lowest BCUT2D eigenvalue weighted by Crippen LogP contribution is -2.45. The molecule has 3 aliphatic rings. The van der Waals surface area contributed by atoms with Gasteiger partial charge in [0.1, 0.15) is 6.10 Å². The van der Waals surface area contributed by atoms with Crippen LogP contribution in [0.1, 0.15) is 79.2 Å². The van der Waals surface area contributed by atoms with Crippen LogP contribution in [0, 0.1) is 5.92 Å². The Morgan fingerprint density at radius 3 is 2.42 bits per heavy atom. The van der Waals surface area contributed by atoms with E-state index in [4.69, 9.17) is 4.74 Å². The Morgan fingerprint density at radius 2 is 1.70 bits per heavy atom. The van der Waals surface area contributed by atoms with Crippen LogP contribution in [0.15, 0.2) is 36.7 Å². The second-order valence-electron chi connectivity index (χ2n) is 9.67. The molecule has 2 aliphatic heterocycles. The van der Waals surface area contributed by atoms with E-state index in [0.717, 1.165) is 24.1 Å². The van der Waals surface area contributed by atoms with Crippen molar-refractivity contribution in [1.82, 2.24) is 19.8 Å². The average molecular weight is 451 g/mol. The Morgan fingerprint density at radius 1 is 0.970 bits per heavy atom. The first kappa shape index (κ1) is 22.1. The highest BCUT2D eigenvalue weighted by Crippen LogP contribution is 2.29. The van der Waals surface area contributed by atoms with Crippen LogP contribution in [-0.2, 0) is 22.7 Å². The van der Waals surface area contributed by atoms with E-state index in [0.29, 0.717) is 50.8 Å². The summed E-state index contributed by atoms with van der Waals surface area (Å²) < 4.78 is 8.12. The molecule has 7 heteroatoms. The van der Waals surface area contributed by atoms with E-state index in [1.807, 2.05) is 27.7 Å². The predicted octanol–water partition coefficient (Wildman–Crippen LogP) is 3.85. The maximum atomic E-state index is 13.2. The molecule has 1 N–H and O–H groups in total. The molecule has 2 fully saturated rings. The minimum Gasteiger partial charge on any atom is -0.365 e. The number of carbonyl (C=O) groups is 2. The molecule has 1 aromatic carbocycles. The van der Waals surface area contributed by atoms with E-state index in [2.05, 4.69) is 22.4 Å². The van der Waals surface area contributed by atoms with Gasteiger partial charge in [0.2, 0.25) is 5.91 Å². The molecule has 2 aromatic rings. The molecule has 1 aliphatic carbocycles. The molecule has 7 nitrogen and oxygen atoms in total. The Balaban J connectivity index is 1.16. The number of aromatic nitrogens is 2. The van der Waals surface area contributed by atoms with Gasteiger partial charge in [0.15, 0.2) is 5.69 Å². The predicted molar refractivity (Wildman–Crippen MR) is 124 cm³/mol. The summed E-state index contributed by atoms with van der Waals surface area (Å²) in [4.78, 5) is 32.3. The Labute approximate surface area is 195 Å². The summed E-state index contributed by atoms with van der Waals surface area (Å²) in [6.07, 6.45) is 10.3. The summed E-state index contributed by atoms with van der Waals surface area (Å²) >= 11 is 0. The van der Waals surface area contributed by atoms with Crippen molar-refractivity contribution in [2.45, 2.75) is 76.7 Å². The average Bonchev–Trinajstić information content (AvgIpc) is 3.12. The third kappa shape index (κ3) is 4.98. The highest BCUT2D eigenvalue weighted by atomic mass is 16.5. The molecule has 1 aromatic heterocycles. The van der Waals surface area contributed by atoms with E-state index in [1.54, 1.807) is 6.33 Å². The number of hydrogen-bond donors (Lipinski definition) is 1. The van der Waals surface area contributed by atoms with Gasteiger partial charge in [0.25, 0.3) is 5.91 Å². The molecule has 0 unspecified atom stereocenters. The van der Waals surface area contributed by atoms with Crippen molar-refractivity contribution in [3.63, 3.8) is 0 Å². The molecule has 3 heterocycles. The van der Waals surface area contributed by atoms with Gasteiger partial charge in [-0.15, -0.1) is 0 Å². The SMILES string of the molecule is O=C(NC1CCCCCC1)C1CCN(C(=O)c2ncn3c2CO[C@@H](c2ccccc2)C3)CC1. The fraction of sp³-hybridized carbons (Fsp3) is 0.577. The molecular weight excluding hydrogens is 416 g/mol. The summed E-state index contributed by atoms with van der Waals surface area (Å²) in [5, 5.41) is 3.28. The number of benzene rings is 1. The number of amides is 2. The molecule has 0 radical (unpaired) electrons. The third-order valence-corrected chi connectivity index (χ3v) is 7.46. The van der Waals surface area contributed by atoms with Crippen molar-refractivity contribution in [2.24, 2.45) is 5.92 Å². The topological polar surface area (TPSA) is 76.5 Å². The van der Waals surface area contributed by atoms with Gasteiger partial charge in [-0.3, -0.25) is 9.59 Å². The van der Waals surface area contributed by atoms with Crippen LogP contribution in [0.4, 0.5) is 0 Å². The molecule has 1 saturated heterocycles. The summed E-state index contributed by atoms with van der Waals surface area (Å²) in [5.74, 6) is 0.130. The number of piperidine rings is 1. The van der Waals surface area contributed by atoms with Crippen LogP contribution >= 0.6 is 0 Å². The fourth-order valence-corrected chi connectivity index (χ4v) is 5.41. The molecular formula is C26H34N4O3. The molecule has 33 heavy (non-hydrogen) atoms. The maximum absolute atomic E-state index is 13.2. The zero-order valence-corrected chi connectivity index (χ0v) is 19.2. The highest BCUT2D eigenvalue weighted by Gasteiger charge is 2.32. The van der Waals surface area contributed by atoms with Crippen molar-refractivity contribution in [3.05, 3.63) is 53.6 Å². The number of likely N-dealkylation sites (tertiary alicyclic amines) is 1. The number of fused-ring (bicyclic) bond motifs is 1. The maximum Gasteiger partial charge on any atom is 0.274 e. The van der Waals surface area contributed by atoms with Gasteiger partial charge in [-0.1, -0.05) is 56.0 Å². The number of imidazole rings is 1. The van der Waals surface area contributed by atoms with Gasteiger partial charge < -0.3 is 19.5 Å². The van der Waals surface area contributed by atoms with Gasteiger partial charge >= 0.3 is 0 Å². The van der Waals surface area contributed by atoms with Gasteiger partial charge in [0.05, 0.1) is 25.2 Å². The normalized spacial score (nSPS) is 22.4. The minimum atomic E-state index is -0.0480. The van der Waals surface area contributed by atoms with Crippen LogP contribution in [0.3, 0.4) is 0 Å². The van der Waals surface area contributed by atoms with Crippen molar-refractivity contribution in [2.75, 3.05) is 13.1 Å². The molecule has 5 rings (SSSR count). The lowest BCUT2D eigenvalue weighted by atomic mass is 9.94. The Bertz CT molecular complexity index is 957. The molecule has 0 bridgehead atoms. The van der Waals surface area contributed by atoms with Crippen molar-refractivity contribution in [1.29, 1.82) is 0 Å². The summed E-state index contributed by atoms with van der Waals surface area (Å²) in [6, 6.07) is 10.5. The first-order chi connectivity index (χ1) is 16.2. The number of carbonyl (C=O) groups excluding carboxylic acids is 2. The van der Waals surface area contributed by atoms with E-state index < -0.39 is 0 Å².